The monoisotopic (exact) mass is 228 g/mol. The quantitative estimate of drug-likeness (QED) is 0.462. The number of hydrogen-bond acceptors (Lipinski definition) is 3. The van der Waals surface area contributed by atoms with Crippen molar-refractivity contribution in [2.75, 3.05) is 7.05 Å². The Morgan fingerprint density at radius 1 is 1.50 bits per heavy atom. The van der Waals surface area contributed by atoms with Crippen molar-refractivity contribution in [3.05, 3.63) is 34.3 Å². The zero-order chi connectivity index (χ0) is 8.97. The molecular formula is C8H9BrN2O. The third-order valence-electron chi connectivity index (χ3n) is 1.32. The molecule has 3 nitrogen and oxygen atoms in total. The van der Waals surface area contributed by atoms with Gasteiger partial charge in [-0.05, 0) is 28.1 Å². The number of halogens is 1. The Kier molecular flexibility index (Phi) is 3.25. The molecule has 2 N–H and O–H groups in total. The molecule has 0 unspecified atom stereocenters. The lowest BCUT2D eigenvalue weighted by atomic mass is 10.2. The molecule has 0 saturated heterocycles. The first-order valence-corrected chi connectivity index (χ1v) is 4.22. The second kappa shape index (κ2) is 4.23. The summed E-state index contributed by atoms with van der Waals surface area (Å²) in [6.07, 6.45) is 0. The van der Waals surface area contributed by atoms with Crippen molar-refractivity contribution in [3.8, 4) is 0 Å². The van der Waals surface area contributed by atoms with Gasteiger partial charge in [-0.2, -0.15) is 5.48 Å². The second-order valence-electron chi connectivity index (χ2n) is 2.12. The first-order chi connectivity index (χ1) is 5.75. The molecule has 4 heteroatoms. The molecule has 1 rings (SSSR count). The van der Waals surface area contributed by atoms with E-state index in [-0.39, 0.29) is 5.90 Å². The van der Waals surface area contributed by atoms with Gasteiger partial charge in [-0.25, -0.2) is 0 Å². The van der Waals surface area contributed by atoms with Gasteiger partial charge in [0.2, 0.25) is 5.90 Å². The van der Waals surface area contributed by atoms with Gasteiger partial charge in [-0.15, -0.1) is 0 Å². The summed E-state index contributed by atoms with van der Waals surface area (Å²) in [6, 6.07) is 7.42. The summed E-state index contributed by atoms with van der Waals surface area (Å²) < 4.78 is 0.852. The minimum absolute atomic E-state index is 0.102. The molecule has 64 valence electrons. The van der Waals surface area contributed by atoms with Crippen LogP contribution in [0.3, 0.4) is 0 Å². The van der Waals surface area contributed by atoms with E-state index < -0.39 is 0 Å². The van der Waals surface area contributed by atoms with Crippen molar-refractivity contribution in [1.82, 2.24) is 5.48 Å². The van der Waals surface area contributed by atoms with E-state index in [1.54, 1.807) is 7.05 Å². The normalized spacial score (nSPS) is 9.50. The van der Waals surface area contributed by atoms with Gasteiger partial charge in [0.1, 0.15) is 0 Å². The second-order valence-corrected chi connectivity index (χ2v) is 2.97. The van der Waals surface area contributed by atoms with Gasteiger partial charge in [-0.1, -0.05) is 12.1 Å². The van der Waals surface area contributed by atoms with E-state index in [0.29, 0.717) is 0 Å². The van der Waals surface area contributed by atoms with Crippen molar-refractivity contribution in [3.63, 3.8) is 0 Å². The van der Waals surface area contributed by atoms with Crippen LogP contribution in [-0.4, -0.2) is 12.9 Å². The maximum atomic E-state index is 7.46. The molecule has 0 heterocycles. The van der Waals surface area contributed by atoms with Crippen LogP contribution in [-0.2, 0) is 4.84 Å². The topological polar surface area (TPSA) is 45.1 Å². The molecule has 1 aromatic carbocycles. The predicted octanol–water partition coefficient (Wildman–Crippen LogP) is 1.93. The number of hydroxylamine groups is 1. The molecule has 0 fully saturated rings. The summed E-state index contributed by atoms with van der Waals surface area (Å²) in [5, 5.41) is 7.46. The van der Waals surface area contributed by atoms with Crippen molar-refractivity contribution in [1.29, 1.82) is 5.41 Å². The van der Waals surface area contributed by atoms with Crippen LogP contribution in [0.5, 0.6) is 0 Å². The molecule has 1 aromatic rings. The number of rotatable bonds is 2. The van der Waals surface area contributed by atoms with Crippen LogP contribution in [0.4, 0.5) is 0 Å². The van der Waals surface area contributed by atoms with Gasteiger partial charge in [0.05, 0.1) is 5.56 Å². The fraction of sp³-hybridized carbons (Fsp3) is 0.125. The average Bonchev–Trinajstić information content (AvgIpc) is 2.05. The molecule has 0 aliphatic heterocycles. The summed E-state index contributed by atoms with van der Waals surface area (Å²) in [5.41, 5.74) is 3.18. The lowest BCUT2D eigenvalue weighted by Gasteiger charge is -2.05. The van der Waals surface area contributed by atoms with E-state index in [4.69, 9.17) is 10.2 Å². The van der Waals surface area contributed by atoms with Gasteiger partial charge in [0, 0.05) is 11.5 Å². The third-order valence-corrected chi connectivity index (χ3v) is 2.01. The third kappa shape index (κ3) is 2.06. The molecule has 12 heavy (non-hydrogen) atoms. The van der Waals surface area contributed by atoms with E-state index in [0.717, 1.165) is 10.0 Å². The molecule has 0 aliphatic carbocycles. The van der Waals surface area contributed by atoms with Crippen LogP contribution < -0.4 is 5.48 Å². The molecular weight excluding hydrogens is 220 g/mol. The SMILES string of the molecule is CNOC(=N)c1ccccc1Br. The number of nitrogens with one attached hydrogen (secondary N) is 2. The Hall–Kier alpha value is -0.870. The van der Waals surface area contributed by atoms with Gasteiger partial charge in [0.25, 0.3) is 0 Å². The fourth-order valence-corrected chi connectivity index (χ4v) is 1.27. The highest BCUT2D eigenvalue weighted by Crippen LogP contribution is 2.15. The van der Waals surface area contributed by atoms with E-state index in [1.165, 1.54) is 0 Å². The van der Waals surface area contributed by atoms with E-state index in [9.17, 15) is 0 Å². The predicted molar refractivity (Wildman–Crippen MR) is 51.1 cm³/mol. The molecule has 0 aliphatic rings. The molecule has 0 spiro atoms. The maximum absolute atomic E-state index is 7.46. The first-order valence-electron chi connectivity index (χ1n) is 3.42. The van der Waals surface area contributed by atoms with E-state index in [2.05, 4.69) is 21.4 Å². The molecule has 0 atom stereocenters. The number of hydrogen-bond donors (Lipinski definition) is 2. The summed E-state index contributed by atoms with van der Waals surface area (Å²) >= 11 is 3.32. The number of benzene rings is 1. The largest absolute Gasteiger partial charge is 0.389 e. The lowest BCUT2D eigenvalue weighted by molar-refractivity contribution is 0.207. The minimum atomic E-state index is 0.102. The Bertz CT molecular complexity index is 288. The van der Waals surface area contributed by atoms with Crippen LogP contribution in [0.25, 0.3) is 0 Å². The van der Waals surface area contributed by atoms with Crippen molar-refractivity contribution in [2.24, 2.45) is 0 Å². The van der Waals surface area contributed by atoms with Crippen LogP contribution in [0, 0.1) is 5.41 Å². The van der Waals surface area contributed by atoms with Crippen LogP contribution in [0.15, 0.2) is 28.7 Å². The summed E-state index contributed by atoms with van der Waals surface area (Å²) in [7, 11) is 1.62. The highest BCUT2D eigenvalue weighted by molar-refractivity contribution is 9.10. The zero-order valence-electron chi connectivity index (χ0n) is 6.60. The van der Waals surface area contributed by atoms with Crippen molar-refractivity contribution >= 4 is 21.8 Å². The lowest BCUT2D eigenvalue weighted by Crippen LogP contribution is -2.15. The van der Waals surface area contributed by atoms with Crippen LogP contribution >= 0.6 is 15.9 Å². The van der Waals surface area contributed by atoms with E-state index >= 15 is 0 Å². The molecule has 0 radical (unpaired) electrons. The van der Waals surface area contributed by atoms with Crippen LogP contribution in [0.1, 0.15) is 5.56 Å². The smallest absolute Gasteiger partial charge is 0.238 e. The zero-order valence-corrected chi connectivity index (χ0v) is 8.18. The standard InChI is InChI=1S/C8H9BrN2O/c1-11-12-8(10)6-4-2-3-5-7(6)9/h2-5,10-11H,1H3. The van der Waals surface area contributed by atoms with Gasteiger partial charge < -0.3 is 4.84 Å². The summed E-state index contributed by atoms with van der Waals surface area (Å²) in [5.74, 6) is 0.102. The Balaban J connectivity index is 2.87. The summed E-state index contributed by atoms with van der Waals surface area (Å²) in [6.45, 7) is 0. The first kappa shape index (κ1) is 9.22. The maximum Gasteiger partial charge on any atom is 0.238 e. The van der Waals surface area contributed by atoms with Gasteiger partial charge in [0.15, 0.2) is 0 Å². The molecule has 0 saturated carbocycles. The van der Waals surface area contributed by atoms with Crippen LogP contribution in [0.2, 0.25) is 0 Å². The minimum Gasteiger partial charge on any atom is -0.389 e. The fourth-order valence-electron chi connectivity index (χ4n) is 0.802. The molecule has 0 bridgehead atoms. The average molecular weight is 229 g/mol. The highest BCUT2D eigenvalue weighted by atomic mass is 79.9. The summed E-state index contributed by atoms with van der Waals surface area (Å²) in [4.78, 5) is 4.81. The van der Waals surface area contributed by atoms with Gasteiger partial charge >= 0.3 is 0 Å². The Morgan fingerprint density at radius 2 is 2.17 bits per heavy atom. The van der Waals surface area contributed by atoms with Crippen molar-refractivity contribution < 1.29 is 4.84 Å². The Labute approximate surface area is 79.3 Å². The van der Waals surface area contributed by atoms with Crippen molar-refractivity contribution in [2.45, 2.75) is 0 Å². The highest BCUT2D eigenvalue weighted by Gasteiger charge is 2.05. The Morgan fingerprint density at radius 3 is 2.75 bits per heavy atom. The van der Waals surface area contributed by atoms with E-state index in [1.807, 2.05) is 24.3 Å². The molecule has 0 aromatic heterocycles. The molecule has 0 amide bonds. The van der Waals surface area contributed by atoms with Gasteiger partial charge in [-0.3, -0.25) is 5.41 Å².